The van der Waals surface area contributed by atoms with Crippen molar-refractivity contribution in [3.05, 3.63) is 111 Å². The van der Waals surface area contributed by atoms with E-state index in [1.807, 2.05) is 74.7 Å². The number of carbonyl (C=O) groups is 3. The van der Waals surface area contributed by atoms with E-state index in [1.54, 1.807) is 32.0 Å². The number of ketones is 1. The highest BCUT2D eigenvalue weighted by Gasteiger charge is 2.66. The Morgan fingerprint density at radius 1 is 0.950 bits per heavy atom. The standard InChI is InChI=1S/C32H32N2O5S/c1-18-8-6-10-22(16-18)27-25(28(35)24-13-12-21(4)39-24)26(29-20(3)14-15-40-29)32(5,30(36)37)34(27)31(38)33-23-11-7-9-19(2)17-23/h6-17,25-27H,1-5H3,(H,33,38)(H,36,37). The van der Waals surface area contributed by atoms with Crippen LogP contribution in [-0.2, 0) is 4.79 Å². The maximum atomic E-state index is 14.4. The monoisotopic (exact) mass is 556 g/mol. The van der Waals surface area contributed by atoms with Crippen LogP contribution in [0.15, 0.2) is 76.5 Å². The average molecular weight is 557 g/mol. The quantitative estimate of drug-likeness (QED) is 0.243. The number of nitrogens with zero attached hydrogens (tertiary/aromatic N) is 1. The summed E-state index contributed by atoms with van der Waals surface area (Å²) in [4.78, 5) is 44.1. The summed E-state index contributed by atoms with van der Waals surface area (Å²) >= 11 is 1.40. The Kier molecular flexibility index (Phi) is 7.14. The van der Waals surface area contributed by atoms with Crippen molar-refractivity contribution in [2.24, 2.45) is 5.92 Å². The Hall–Kier alpha value is -4.17. The molecule has 2 aromatic heterocycles. The second-order valence-electron chi connectivity index (χ2n) is 10.7. The van der Waals surface area contributed by atoms with Gasteiger partial charge in [-0.2, -0.15) is 0 Å². The van der Waals surface area contributed by atoms with Crippen molar-refractivity contribution in [1.29, 1.82) is 0 Å². The molecule has 40 heavy (non-hydrogen) atoms. The van der Waals surface area contributed by atoms with Crippen molar-refractivity contribution in [3.63, 3.8) is 0 Å². The molecule has 2 aromatic carbocycles. The van der Waals surface area contributed by atoms with E-state index < -0.39 is 35.4 Å². The van der Waals surface area contributed by atoms with Crippen LogP contribution in [0.5, 0.6) is 0 Å². The lowest BCUT2D eigenvalue weighted by Gasteiger charge is -2.37. The minimum Gasteiger partial charge on any atom is -0.479 e. The molecule has 4 aromatic rings. The Morgan fingerprint density at radius 2 is 1.65 bits per heavy atom. The minimum absolute atomic E-state index is 0.146. The molecule has 1 aliphatic heterocycles. The maximum Gasteiger partial charge on any atom is 0.330 e. The van der Waals surface area contributed by atoms with Gasteiger partial charge in [0.1, 0.15) is 11.3 Å². The van der Waals surface area contributed by atoms with Crippen molar-refractivity contribution in [2.45, 2.75) is 52.1 Å². The van der Waals surface area contributed by atoms with Crippen LogP contribution in [0.4, 0.5) is 10.5 Å². The topological polar surface area (TPSA) is 99.9 Å². The first-order valence-electron chi connectivity index (χ1n) is 13.1. The number of hydrogen-bond acceptors (Lipinski definition) is 5. The molecular formula is C32H32N2O5S. The number of amides is 2. The number of Topliss-reactive ketones (excluding diaryl/α,β-unsaturated/α-hetero) is 1. The van der Waals surface area contributed by atoms with Crippen LogP contribution in [0.1, 0.15) is 62.3 Å². The second kappa shape index (κ2) is 10.4. The van der Waals surface area contributed by atoms with Crippen molar-refractivity contribution < 1.29 is 23.9 Å². The molecule has 0 aliphatic carbocycles. The Balaban J connectivity index is 1.77. The fourth-order valence-electron chi connectivity index (χ4n) is 5.97. The number of rotatable bonds is 6. The van der Waals surface area contributed by atoms with Crippen LogP contribution in [0, 0.1) is 33.6 Å². The summed E-state index contributed by atoms with van der Waals surface area (Å²) in [6.45, 7) is 9.06. The number of likely N-dealkylation sites (tertiary alicyclic amines) is 1. The van der Waals surface area contributed by atoms with Crippen LogP contribution in [-0.4, -0.2) is 33.3 Å². The molecule has 8 heteroatoms. The number of aryl methyl sites for hydroxylation is 4. The van der Waals surface area contributed by atoms with E-state index in [0.29, 0.717) is 17.0 Å². The third-order valence-electron chi connectivity index (χ3n) is 7.86. The van der Waals surface area contributed by atoms with Crippen LogP contribution in [0.25, 0.3) is 0 Å². The van der Waals surface area contributed by atoms with Gasteiger partial charge in [0.2, 0.25) is 5.78 Å². The number of carboxylic acid groups (broad SMARTS) is 1. The van der Waals surface area contributed by atoms with E-state index in [-0.39, 0.29) is 11.5 Å². The van der Waals surface area contributed by atoms with Crippen molar-refractivity contribution >= 4 is 34.8 Å². The number of carbonyl (C=O) groups excluding carboxylic acids is 2. The highest BCUT2D eigenvalue weighted by molar-refractivity contribution is 7.10. The number of nitrogens with one attached hydrogen (secondary N) is 1. The summed E-state index contributed by atoms with van der Waals surface area (Å²) in [5.41, 5.74) is 2.22. The summed E-state index contributed by atoms with van der Waals surface area (Å²) < 4.78 is 5.78. The lowest BCUT2D eigenvalue weighted by atomic mass is 9.74. The van der Waals surface area contributed by atoms with Crippen LogP contribution < -0.4 is 5.32 Å². The normalized spacial score (nSPS) is 22.3. The van der Waals surface area contributed by atoms with E-state index in [9.17, 15) is 19.5 Å². The Bertz CT molecular complexity index is 1600. The first kappa shape index (κ1) is 27.4. The van der Waals surface area contributed by atoms with E-state index in [0.717, 1.165) is 21.6 Å². The van der Waals surface area contributed by atoms with Gasteiger partial charge in [-0.3, -0.25) is 9.69 Å². The van der Waals surface area contributed by atoms with Crippen molar-refractivity contribution in [1.82, 2.24) is 4.90 Å². The number of aliphatic carboxylic acids is 1. The predicted molar refractivity (Wildman–Crippen MR) is 155 cm³/mol. The van der Waals surface area contributed by atoms with Crippen molar-refractivity contribution in [2.75, 3.05) is 5.32 Å². The first-order chi connectivity index (χ1) is 19.0. The highest BCUT2D eigenvalue weighted by Crippen LogP contribution is 2.58. The molecule has 5 rings (SSSR count). The summed E-state index contributed by atoms with van der Waals surface area (Å²) in [5.74, 6) is -2.56. The number of urea groups is 1. The molecule has 4 unspecified atom stereocenters. The lowest BCUT2D eigenvalue weighted by Crippen LogP contribution is -2.55. The molecule has 3 heterocycles. The second-order valence-corrected chi connectivity index (χ2v) is 11.7. The zero-order valence-corrected chi connectivity index (χ0v) is 23.9. The zero-order valence-electron chi connectivity index (χ0n) is 23.1. The molecule has 2 amide bonds. The number of furan rings is 1. The molecule has 0 radical (unpaired) electrons. The molecule has 7 nitrogen and oxygen atoms in total. The summed E-state index contributed by atoms with van der Waals surface area (Å²) in [6.07, 6.45) is 0. The largest absolute Gasteiger partial charge is 0.479 e. The molecule has 0 saturated carbocycles. The maximum absolute atomic E-state index is 14.4. The van der Waals surface area contributed by atoms with Gasteiger partial charge in [0.05, 0.1) is 12.0 Å². The summed E-state index contributed by atoms with van der Waals surface area (Å²) in [5, 5.41) is 15.7. The van der Waals surface area contributed by atoms with E-state index in [4.69, 9.17) is 4.42 Å². The first-order valence-corrected chi connectivity index (χ1v) is 14.0. The molecule has 1 fully saturated rings. The molecule has 4 atom stereocenters. The highest BCUT2D eigenvalue weighted by atomic mass is 32.1. The fourth-order valence-corrected chi connectivity index (χ4v) is 7.16. The van der Waals surface area contributed by atoms with Gasteiger partial charge < -0.3 is 14.8 Å². The van der Waals surface area contributed by atoms with Gasteiger partial charge >= 0.3 is 12.0 Å². The van der Waals surface area contributed by atoms with E-state index in [1.165, 1.54) is 16.2 Å². The molecule has 1 aliphatic rings. The number of hydrogen-bond donors (Lipinski definition) is 2. The molecule has 0 bridgehead atoms. The number of anilines is 1. The number of carboxylic acids is 1. The minimum atomic E-state index is -1.76. The van der Waals surface area contributed by atoms with Gasteiger partial charge in [-0.25, -0.2) is 9.59 Å². The molecular weight excluding hydrogens is 524 g/mol. The van der Waals surface area contributed by atoms with Gasteiger partial charge in [-0.15, -0.1) is 11.3 Å². The fraction of sp³-hybridized carbons (Fsp3) is 0.281. The SMILES string of the molecule is Cc1cccc(NC(=O)N2C(c3cccc(C)c3)C(C(=O)c3ccc(C)o3)C(c3sccc3C)C2(C)C(=O)O)c1. The number of thiophene rings is 1. The molecule has 2 N–H and O–H groups in total. The summed E-state index contributed by atoms with van der Waals surface area (Å²) in [7, 11) is 0. The summed E-state index contributed by atoms with van der Waals surface area (Å²) in [6, 6.07) is 18.7. The zero-order chi connectivity index (χ0) is 28.8. The Labute approximate surface area is 237 Å². The van der Waals surface area contributed by atoms with Crippen LogP contribution in [0.2, 0.25) is 0 Å². The lowest BCUT2D eigenvalue weighted by molar-refractivity contribution is -0.148. The van der Waals surface area contributed by atoms with Gasteiger partial charge in [0.25, 0.3) is 0 Å². The Morgan fingerprint density at radius 3 is 2.23 bits per heavy atom. The third kappa shape index (κ3) is 4.62. The van der Waals surface area contributed by atoms with Gasteiger partial charge in [-0.1, -0.05) is 42.0 Å². The molecule has 206 valence electrons. The average Bonchev–Trinajstić information content (AvgIpc) is 3.59. The van der Waals surface area contributed by atoms with Gasteiger partial charge in [0.15, 0.2) is 5.76 Å². The molecule has 1 saturated heterocycles. The van der Waals surface area contributed by atoms with Gasteiger partial charge in [-0.05, 0) is 87.0 Å². The van der Waals surface area contributed by atoms with E-state index >= 15 is 0 Å². The smallest absolute Gasteiger partial charge is 0.330 e. The van der Waals surface area contributed by atoms with Gasteiger partial charge in [0, 0.05) is 16.5 Å². The third-order valence-corrected chi connectivity index (χ3v) is 8.96. The predicted octanol–water partition coefficient (Wildman–Crippen LogP) is 7.29. The van der Waals surface area contributed by atoms with Crippen LogP contribution in [0.3, 0.4) is 0 Å². The van der Waals surface area contributed by atoms with Crippen LogP contribution >= 0.6 is 11.3 Å². The molecule has 0 spiro atoms. The van der Waals surface area contributed by atoms with E-state index in [2.05, 4.69) is 5.32 Å². The van der Waals surface area contributed by atoms with Crippen molar-refractivity contribution in [3.8, 4) is 0 Å². The number of benzene rings is 2.